The van der Waals surface area contributed by atoms with Gasteiger partial charge in [0, 0.05) is 98.5 Å². The summed E-state index contributed by atoms with van der Waals surface area (Å²) in [6.45, 7) is 49.3. The predicted molar refractivity (Wildman–Crippen MR) is 583 cm³/mol. The molecule has 6 heterocycles. The number of hydrogen-bond acceptors (Lipinski definition) is 12. The molecule has 696 valence electrons. The highest BCUT2D eigenvalue weighted by molar-refractivity contribution is 6.27. The number of aryl methyl sites for hydroxylation is 2. The van der Waals surface area contributed by atoms with Crippen LogP contribution < -0.4 is 0 Å². The Balaban J connectivity index is 0.000000127. The molecule has 0 aliphatic carbocycles. The van der Waals surface area contributed by atoms with E-state index in [0.29, 0.717) is 140 Å². The zero-order chi connectivity index (χ0) is 103. The van der Waals surface area contributed by atoms with E-state index in [9.17, 15) is 15.8 Å². The lowest BCUT2D eigenvalue weighted by atomic mass is 9.92. The Bertz CT molecular complexity index is 10100. The largest absolute Gasteiger partial charge is 0.262 e. The monoisotopic (exact) mass is 1930 g/mol. The highest BCUT2D eigenvalue weighted by Crippen LogP contribution is 2.51. The molecule has 0 atom stereocenters. The number of fused-ring (bicyclic) bond motifs is 15. The lowest BCUT2D eigenvalue weighted by Crippen LogP contribution is -2.04. The fourth-order valence-electron chi connectivity index (χ4n) is 19.3. The molecule has 18 aromatic carbocycles. The second-order valence-corrected chi connectivity index (χ2v) is 35.4. The molecule has 0 N–H and O–H groups in total. The van der Waals surface area contributed by atoms with Gasteiger partial charge in [-0.2, -0.15) is 15.8 Å². The molecule has 0 radical (unpaired) electrons. The smallest absolute Gasteiger partial charge is 0.247 e. The number of hydrogen-bond donors (Lipinski definition) is 0. The van der Waals surface area contributed by atoms with E-state index in [1.165, 1.54) is 6.07 Å². The van der Waals surface area contributed by atoms with Crippen molar-refractivity contribution in [2.24, 2.45) is 0 Å². The molecule has 0 saturated carbocycles. The first-order chi connectivity index (χ1) is 73.4. The number of benzene rings is 18. The fourth-order valence-corrected chi connectivity index (χ4v) is 19.3. The van der Waals surface area contributed by atoms with Gasteiger partial charge in [-0.05, 0) is 114 Å². The van der Waals surface area contributed by atoms with Crippen molar-refractivity contribution in [3.63, 3.8) is 0 Å². The first-order valence-electron chi connectivity index (χ1n) is 47.0. The van der Waals surface area contributed by atoms with Crippen LogP contribution in [0.15, 0.2) is 364 Å². The number of nitrogens with zero attached hydrogens (tertiary/aromatic N) is 18. The van der Waals surface area contributed by atoms with E-state index in [0.717, 1.165) is 121 Å². The minimum atomic E-state index is -1.84. The van der Waals surface area contributed by atoms with Gasteiger partial charge in [-0.25, -0.2) is 91.5 Å². The van der Waals surface area contributed by atoms with Crippen molar-refractivity contribution in [3.8, 4) is 153 Å². The minimum absolute atomic E-state index is 0.0864. The maximum Gasteiger partial charge on any atom is 0.262 e. The molecule has 18 nitrogen and oxygen atoms in total. The number of pyridine rings is 3. The molecular weight excluding hydrogens is 1870 g/mol. The number of aromatic nitrogens is 9. The molecule has 0 aliphatic heterocycles. The van der Waals surface area contributed by atoms with Crippen LogP contribution in [0.3, 0.4) is 0 Å². The van der Waals surface area contributed by atoms with Crippen LogP contribution in [0.5, 0.6) is 0 Å². The Morgan fingerprint density at radius 2 is 0.467 bits per heavy atom. The van der Waals surface area contributed by atoms with Crippen LogP contribution in [-0.4, -0.2) is 44.9 Å². The van der Waals surface area contributed by atoms with E-state index in [4.69, 9.17) is 84.3 Å². The summed E-state index contributed by atoms with van der Waals surface area (Å²) in [6, 6.07) is 119. The molecule has 0 amide bonds. The zero-order valence-corrected chi connectivity index (χ0v) is 79.2. The average Bonchev–Trinajstić information content (AvgIpc) is 0.719. The molecule has 0 unspecified atom stereocenters. The van der Waals surface area contributed by atoms with Gasteiger partial charge in [-0.3, -0.25) is 0 Å². The maximum atomic E-state index is 16.1. The van der Waals surface area contributed by atoms with Gasteiger partial charge in [0.25, 0.3) is 5.69 Å². The van der Waals surface area contributed by atoms with E-state index in [1.807, 2.05) is 212 Å². The van der Waals surface area contributed by atoms with E-state index < -0.39 is 34.5 Å². The van der Waals surface area contributed by atoms with Crippen molar-refractivity contribution in [1.29, 1.82) is 15.8 Å². The van der Waals surface area contributed by atoms with E-state index in [-0.39, 0.29) is 22.3 Å². The second kappa shape index (κ2) is 39.2. The third-order valence-electron chi connectivity index (χ3n) is 26.3. The highest BCUT2D eigenvalue weighted by Gasteiger charge is 2.33. The molecule has 0 fully saturated rings. The van der Waals surface area contributed by atoms with Crippen molar-refractivity contribution >= 4 is 132 Å². The Labute approximate surface area is 855 Å². The molecular formula is C128H66F4N18. The topological polar surface area (TPSA) is 214 Å². The molecule has 150 heavy (non-hydrogen) atoms. The third kappa shape index (κ3) is 17.0. The molecule has 0 aliphatic rings. The summed E-state index contributed by atoms with van der Waals surface area (Å²) in [7, 11) is 0. The molecule has 0 bridgehead atoms. The van der Waals surface area contributed by atoms with E-state index in [2.05, 4.69) is 110 Å². The number of rotatable bonds is 12. The van der Waals surface area contributed by atoms with Crippen molar-refractivity contribution in [2.45, 2.75) is 13.8 Å². The quantitative estimate of drug-likeness (QED) is 0.0483. The van der Waals surface area contributed by atoms with Crippen LogP contribution in [0.2, 0.25) is 0 Å². The normalized spacial score (nSPS) is 10.9. The highest BCUT2D eigenvalue weighted by atomic mass is 19.2. The van der Waals surface area contributed by atoms with Gasteiger partial charge in [-0.15, -0.1) is 0 Å². The third-order valence-corrected chi connectivity index (χ3v) is 26.3. The van der Waals surface area contributed by atoms with Gasteiger partial charge in [0.2, 0.25) is 0 Å². The molecule has 24 aromatic rings. The Kier molecular flexibility index (Phi) is 24.3. The van der Waals surface area contributed by atoms with Gasteiger partial charge in [0.05, 0.1) is 181 Å². The summed E-state index contributed by atoms with van der Waals surface area (Å²) < 4.78 is 62.8. The summed E-state index contributed by atoms with van der Waals surface area (Å²) in [5.74, 6) is -7.20. The van der Waals surface area contributed by atoms with Gasteiger partial charge < -0.3 is 0 Å². The summed E-state index contributed by atoms with van der Waals surface area (Å²) in [5.41, 5.74) is 23.8. The summed E-state index contributed by atoms with van der Waals surface area (Å²) in [4.78, 5) is 68.0. The van der Waals surface area contributed by atoms with Crippen LogP contribution in [0.1, 0.15) is 27.8 Å². The Morgan fingerprint density at radius 1 is 0.213 bits per heavy atom. The van der Waals surface area contributed by atoms with E-state index >= 15 is 17.6 Å². The van der Waals surface area contributed by atoms with Gasteiger partial charge in [-0.1, -0.05) is 302 Å². The number of para-hydroxylation sites is 3. The maximum absolute atomic E-state index is 16.1. The van der Waals surface area contributed by atoms with Gasteiger partial charge >= 0.3 is 0 Å². The SMILES string of the molecule is [C-]#[N+]c1ccc(-c2nc3c(-c4c(F)c(F)c([N+]#[C-])c(F)c4F)cc4c(-c5ccccc5)nc5ccccc5c4c3nc2-c2ccc(C#N)cc2)cc1.[C-]#[N+]c1ccc(-c2nc3c(-c4cc(C)cc(C)c4)cc4c(-c5ccccc5)nc5ccccc5c4c3nc2-c2ccc(C#N)cc2)cc1.[C-]#[N+]c1ccc(-c2nc3c(-c4cc([N+]#[C-])cc([N+]#[C-])c4)cc4c(-c5ccccc5)nc5ccccc5c4c3nc2-c2ccc(C#N)cc2)cc1. The van der Waals surface area contributed by atoms with Crippen LogP contribution >= 0.6 is 0 Å². The summed E-state index contributed by atoms with van der Waals surface area (Å²) in [6.07, 6.45) is 0. The van der Waals surface area contributed by atoms with Crippen molar-refractivity contribution in [3.05, 3.63) is 484 Å². The molecule has 22 heteroatoms. The molecule has 0 spiro atoms. The summed E-state index contributed by atoms with van der Waals surface area (Å²) in [5, 5.41) is 35.7. The Morgan fingerprint density at radius 3 is 0.753 bits per heavy atom. The van der Waals surface area contributed by atoms with E-state index in [1.54, 1.807) is 97.1 Å². The van der Waals surface area contributed by atoms with Crippen LogP contribution in [0, 0.1) is 111 Å². The molecule has 24 rings (SSSR count). The number of halogens is 4. The Hall–Kier alpha value is -21.9. The lowest BCUT2D eigenvalue weighted by Gasteiger charge is -2.19. The predicted octanol–water partition coefficient (Wildman–Crippen LogP) is 34.1. The van der Waals surface area contributed by atoms with Crippen molar-refractivity contribution < 1.29 is 17.6 Å². The molecule has 6 aromatic heterocycles. The standard InChI is InChI=1S/C43H21N7.C43H27N5.C42H18F4N6/c1-45-31-19-17-29(18-20-31)40-41(28-15-13-26(25-44)14-16-28)50-43-38-34-11-7-8-12-37(34)48-39(27-9-5-4-6-10-27)36(38)24-35(42(43)49-40)30-21-32(46-2)23-33(22-30)47-3;1-26-21-27(2)23-32(22-26)35-24-36-38(34-11-7-8-12-37(34)46-39(36)29-9-5-4-6-10-29)43-42(35)47-40(31-17-19-33(45-3)20-18-31)41(48-43)30-15-13-28(25-44)14-16-30;1-48-26-18-16-25(17-19-26)38-39(24-14-12-22(21-47)13-15-24)52-41-31-27-10-6-7-11-30(27)50-37(23-8-4-3-5-9-23)28(31)20-29(40(41)51-38)32-33(43)35(45)42(49-2)36(46)34(32)44/h4-24H;4-24H,1-2H3;3-20H. The van der Waals surface area contributed by atoms with Gasteiger partial charge in [0.1, 0.15) is 0 Å². The minimum Gasteiger partial charge on any atom is -0.247 e. The first-order valence-corrected chi connectivity index (χ1v) is 47.0. The number of nitriles is 3. The van der Waals surface area contributed by atoms with Crippen molar-refractivity contribution in [2.75, 3.05) is 0 Å². The second-order valence-electron chi connectivity index (χ2n) is 35.4. The first kappa shape index (κ1) is 93.1. The average molecular weight is 1930 g/mol. The zero-order valence-electron chi connectivity index (χ0n) is 79.2. The summed E-state index contributed by atoms with van der Waals surface area (Å²) >= 11 is 0. The van der Waals surface area contributed by atoms with Crippen molar-refractivity contribution in [1.82, 2.24) is 44.9 Å². The van der Waals surface area contributed by atoms with Crippen LogP contribution in [0.25, 0.3) is 262 Å². The van der Waals surface area contributed by atoms with Crippen LogP contribution in [0.4, 0.5) is 51.7 Å². The lowest BCUT2D eigenvalue weighted by molar-refractivity contribution is 0.465. The fraction of sp³-hybridized carbons (Fsp3) is 0.0156. The molecule has 0 saturated heterocycles. The van der Waals surface area contributed by atoms with Crippen LogP contribution in [-0.2, 0) is 0 Å². The van der Waals surface area contributed by atoms with Gasteiger partial charge in [0.15, 0.2) is 51.7 Å².